The van der Waals surface area contributed by atoms with Crippen LogP contribution in [-0.4, -0.2) is 17.4 Å². The Morgan fingerprint density at radius 1 is 1.15 bits per heavy atom. The van der Waals surface area contributed by atoms with E-state index < -0.39 is 0 Å². The smallest absolute Gasteiger partial charge is 0.125 e. The van der Waals surface area contributed by atoms with Crippen LogP contribution in [0.3, 0.4) is 0 Å². The van der Waals surface area contributed by atoms with Crippen LogP contribution in [0.2, 0.25) is 0 Å². The quantitative estimate of drug-likeness (QED) is 0.634. The summed E-state index contributed by atoms with van der Waals surface area (Å²) >= 11 is 1.90. The number of nitrogens with one attached hydrogen (secondary N) is 1. The van der Waals surface area contributed by atoms with Crippen LogP contribution in [-0.2, 0) is 0 Å². The summed E-state index contributed by atoms with van der Waals surface area (Å²) in [4.78, 5) is 7.59. The lowest BCUT2D eigenvalue weighted by Crippen LogP contribution is -2.17. The lowest BCUT2D eigenvalue weighted by Gasteiger charge is -2.14. The van der Waals surface area contributed by atoms with Crippen LogP contribution in [0.25, 0.3) is 10.2 Å². The van der Waals surface area contributed by atoms with E-state index in [2.05, 4.69) is 65.3 Å². The SMILES string of the molecule is CCN1CS(=c2[nH]c3ccccc3s2)c2ccccc21. The largest absolute Gasteiger partial charge is 0.362 e. The van der Waals surface area contributed by atoms with Crippen LogP contribution in [0.1, 0.15) is 6.92 Å². The van der Waals surface area contributed by atoms with Crippen LogP contribution in [0.4, 0.5) is 5.69 Å². The van der Waals surface area contributed by atoms with Gasteiger partial charge in [0.25, 0.3) is 0 Å². The molecule has 2 aromatic carbocycles. The average molecular weight is 300 g/mol. The van der Waals surface area contributed by atoms with Gasteiger partial charge in [0.1, 0.15) is 3.95 Å². The molecule has 0 aliphatic carbocycles. The Labute approximate surface area is 124 Å². The lowest BCUT2D eigenvalue weighted by molar-refractivity contribution is 0.951. The molecule has 1 N–H and O–H groups in total. The molecule has 1 unspecified atom stereocenters. The number of anilines is 1. The second kappa shape index (κ2) is 4.79. The Morgan fingerprint density at radius 2 is 1.95 bits per heavy atom. The molecule has 0 fully saturated rings. The van der Waals surface area contributed by atoms with Crippen LogP contribution >= 0.6 is 21.8 Å². The molecule has 2 nitrogen and oxygen atoms in total. The number of aromatic nitrogens is 1. The third-order valence-electron chi connectivity index (χ3n) is 3.69. The number of H-pyrrole nitrogens is 1. The molecule has 3 aromatic rings. The van der Waals surface area contributed by atoms with Gasteiger partial charge in [-0.25, -0.2) is 0 Å². The number of aromatic amines is 1. The van der Waals surface area contributed by atoms with Gasteiger partial charge in [-0.05, 0) is 31.2 Å². The van der Waals surface area contributed by atoms with E-state index in [4.69, 9.17) is 0 Å². The summed E-state index contributed by atoms with van der Waals surface area (Å²) in [6.07, 6.45) is 0. The van der Waals surface area contributed by atoms with Gasteiger partial charge in [-0.15, -0.1) is 11.3 Å². The summed E-state index contributed by atoms with van der Waals surface area (Å²) in [6, 6.07) is 17.4. The zero-order chi connectivity index (χ0) is 13.5. The van der Waals surface area contributed by atoms with E-state index in [-0.39, 0.29) is 10.5 Å². The minimum Gasteiger partial charge on any atom is -0.362 e. The average Bonchev–Trinajstić information content (AvgIpc) is 3.08. The summed E-state index contributed by atoms with van der Waals surface area (Å²) in [5.74, 6) is 1.11. The molecule has 4 heteroatoms. The fraction of sp³-hybridized carbons (Fsp3) is 0.188. The Morgan fingerprint density at radius 3 is 2.80 bits per heavy atom. The van der Waals surface area contributed by atoms with Crippen molar-refractivity contribution in [3.05, 3.63) is 52.5 Å². The molecular weight excluding hydrogens is 284 g/mol. The zero-order valence-corrected chi connectivity index (χ0v) is 12.9. The van der Waals surface area contributed by atoms with E-state index in [1.807, 2.05) is 11.3 Å². The number of fused-ring (bicyclic) bond motifs is 2. The maximum atomic E-state index is 3.63. The Balaban J connectivity index is 2.00. The zero-order valence-electron chi connectivity index (χ0n) is 11.3. The summed E-state index contributed by atoms with van der Waals surface area (Å²) in [6.45, 7) is 3.31. The number of benzene rings is 2. The molecule has 20 heavy (non-hydrogen) atoms. The molecule has 0 spiro atoms. The van der Waals surface area contributed by atoms with Crippen molar-refractivity contribution < 1.29 is 0 Å². The first-order valence-corrected chi connectivity index (χ1v) is 9.03. The third kappa shape index (κ3) is 1.83. The highest BCUT2D eigenvalue weighted by Crippen LogP contribution is 2.45. The van der Waals surface area contributed by atoms with Gasteiger partial charge in [-0.3, -0.25) is 0 Å². The summed E-state index contributed by atoms with van der Waals surface area (Å²) < 4.78 is 2.75. The molecule has 1 atom stereocenters. The molecule has 0 bridgehead atoms. The molecule has 0 amide bonds. The monoisotopic (exact) mass is 300 g/mol. The Bertz CT molecular complexity index is 809. The number of rotatable bonds is 1. The predicted octanol–water partition coefficient (Wildman–Crippen LogP) is 4.89. The third-order valence-corrected chi connectivity index (χ3v) is 7.40. The van der Waals surface area contributed by atoms with Gasteiger partial charge in [0.15, 0.2) is 0 Å². The van der Waals surface area contributed by atoms with E-state index in [9.17, 15) is 0 Å². The normalized spacial score (nSPS) is 18.6. The minimum atomic E-state index is 0.161. The number of hydrogen-bond donors (Lipinski definition) is 1. The second-order valence-electron chi connectivity index (χ2n) is 4.85. The van der Waals surface area contributed by atoms with Crippen molar-refractivity contribution in [3.63, 3.8) is 0 Å². The van der Waals surface area contributed by atoms with Crippen molar-refractivity contribution in [1.82, 2.24) is 4.98 Å². The van der Waals surface area contributed by atoms with E-state index in [1.54, 1.807) is 0 Å². The fourth-order valence-corrected chi connectivity index (χ4v) is 6.50. The van der Waals surface area contributed by atoms with Gasteiger partial charge < -0.3 is 9.88 Å². The fourth-order valence-electron chi connectivity index (χ4n) is 2.65. The molecule has 0 saturated carbocycles. The number of para-hydroxylation sites is 2. The van der Waals surface area contributed by atoms with Crippen LogP contribution in [0.15, 0.2) is 53.4 Å². The highest BCUT2D eigenvalue weighted by molar-refractivity contribution is 8.11. The first-order valence-electron chi connectivity index (χ1n) is 6.82. The van der Waals surface area contributed by atoms with E-state index in [0.29, 0.717) is 0 Å². The Hall–Kier alpha value is -1.52. The molecule has 1 aliphatic rings. The van der Waals surface area contributed by atoms with Crippen LogP contribution in [0.5, 0.6) is 0 Å². The molecular formula is C16H16N2S2. The first kappa shape index (κ1) is 12.2. The van der Waals surface area contributed by atoms with E-state index in [1.165, 1.54) is 24.8 Å². The van der Waals surface area contributed by atoms with Crippen molar-refractivity contribution >= 4 is 37.7 Å². The van der Waals surface area contributed by atoms with E-state index >= 15 is 0 Å². The maximum absolute atomic E-state index is 3.63. The van der Waals surface area contributed by atoms with Gasteiger partial charge in [-0.2, -0.15) is 0 Å². The molecule has 1 aromatic heterocycles. The summed E-state index contributed by atoms with van der Waals surface area (Å²) in [5.41, 5.74) is 2.66. The molecule has 102 valence electrons. The first-order chi connectivity index (χ1) is 9.86. The molecule has 0 saturated heterocycles. The van der Waals surface area contributed by atoms with Crippen molar-refractivity contribution in [3.8, 4) is 0 Å². The van der Waals surface area contributed by atoms with Crippen LogP contribution in [0, 0.1) is 3.95 Å². The number of hydrogen-bond acceptors (Lipinski definition) is 2. The second-order valence-corrected chi connectivity index (χ2v) is 8.05. The predicted molar refractivity (Wildman–Crippen MR) is 89.6 cm³/mol. The molecule has 4 rings (SSSR count). The van der Waals surface area contributed by atoms with Crippen molar-refractivity contribution in [1.29, 1.82) is 0 Å². The maximum Gasteiger partial charge on any atom is 0.125 e. The minimum absolute atomic E-state index is 0.161. The number of nitrogens with zero attached hydrogens (tertiary/aromatic N) is 1. The van der Waals surface area contributed by atoms with Gasteiger partial charge in [-0.1, -0.05) is 34.7 Å². The van der Waals surface area contributed by atoms with Gasteiger partial charge in [0.05, 0.1) is 21.8 Å². The van der Waals surface area contributed by atoms with Crippen molar-refractivity contribution in [2.24, 2.45) is 0 Å². The Kier molecular flexibility index (Phi) is 2.93. The van der Waals surface area contributed by atoms with Crippen LogP contribution < -0.4 is 4.90 Å². The highest BCUT2D eigenvalue weighted by atomic mass is 32.2. The molecule has 1 aliphatic heterocycles. The summed E-state index contributed by atoms with van der Waals surface area (Å²) in [5, 5.41) is 0. The van der Waals surface area contributed by atoms with Crippen molar-refractivity contribution in [2.75, 3.05) is 17.3 Å². The van der Waals surface area contributed by atoms with Gasteiger partial charge >= 0.3 is 0 Å². The summed E-state index contributed by atoms with van der Waals surface area (Å²) in [7, 11) is 0.161. The van der Waals surface area contributed by atoms with E-state index in [0.717, 1.165) is 12.4 Å². The molecule has 2 heterocycles. The lowest BCUT2D eigenvalue weighted by atomic mass is 10.3. The number of thiazole rings is 1. The van der Waals surface area contributed by atoms with Gasteiger partial charge in [0, 0.05) is 11.4 Å². The topological polar surface area (TPSA) is 19.0 Å². The highest BCUT2D eigenvalue weighted by Gasteiger charge is 2.22. The van der Waals surface area contributed by atoms with Crippen molar-refractivity contribution in [2.45, 2.75) is 11.8 Å². The standard InChI is InChI=1S/C16H16N2S2/c1-2-18-11-20(15-10-6-4-8-13(15)18)16-17-12-7-3-5-9-14(12)19-16/h3-10,17H,2,11H2,1H3. The van der Waals surface area contributed by atoms with Gasteiger partial charge in [0.2, 0.25) is 0 Å². The molecule has 0 radical (unpaired) electrons.